The Kier molecular flexibility index (Phi) is 3.94. The van der Waals surface area contributed by atoms with E-state index in [2.05, 4.69) is 5.32 Å². The molecule has 104 valence electrons. The first-order chi connectivity index (χ1) is 9.45. The Morgan fingerprint density at radius 3 is 2.45 bits per heavy atom. The van der Waals surface area contributed by atoms with Crippen molar-refractivity contribution in [3.8, 4) is 11.5 Å². The van der Waals surface area contributed by atoms with Gasteiger partial charge >= 0.3 is 0 Å². The summed E-state index contributed by atoms with van der Waals surface area (Å²) in [5.74, 6) is -0.576. The van der Waals surface area contributed by atoms with E-state index in [1.54, 1.807) is 6.07 Å². The average molecular weight is 271 g/mol. The molecule has 2 aromatic carbocycles. The molecule has 2 aromatic rings. The Balaban J connectivity index is 2.07. The van der Waals surface area contributed by atoms with Gasteiger partial charge in [-0.05, 0) is 43.2 Å². The van der Waals surface area contributed by atoms with E-state index in [4.69, 9.17) is 0 Å². The molecule has 0 bridgehead atoms. The fourth-order valence-corrected chi connectivity index (χ4v) is 2.01. The predicted octanol–water partition coefficient (Wildman–Crippen LogP) is 2.90. The van der Waals surface area contributed by atoms with E-state index < -0.39 is 0 Å². The van der Waals surface area contributed by atoms with Crippen LogP contribution in [0.3, 0.4) is 0 Å². The number of carbonyl (C=O) groups excluding carboxylic acids is 1. The van der Waals surface area contributed by atoms with Crippen LogP contribution in [0.15, 0.2) is 36.4 Å². The molecule has 0 aliphatic heterocycles. The molecule has 1 amide bonds. The molecule has 0 aliphatic rings. The summed E-state index contributed by atoms with van der Waals surface area (Å²) in [4.78, 5) is 12.0. The van der Waals surface area contributed by atoms with E-state index in [9.17, 15) is 15.0 Å². The molecule has 0 saturated heterocycles. The molecule has 0 saturated carbocycles. The van der Waals surface area contributed by atoms with Gasteiger partial charge in [0.1, 0.15) is 0 Å². The van der Waals surface area contributed by atoms with Crippen LogP contribution < -0.4 is 5.32 Å². The zero-order chi connectivity index (χ0) is 14.7. The van der Waals surface area contributed by atoms with Crippen molar-refractivity contribution in [2.24, 2.45) is 0 Å². The van der Waals surface area contributed by atoms with Gasteiger partial charge in [-0.2, -0.15) is 0 Å². The second kappa shape index (κ2) is 5.65. The van der Waals surface area contributed by atoms with Crippen molar-refractivity contribution in [2.45, 2.75) is 20.3 Å². The van der Waals surface area contributed by atoms with Crippen LogP contribution in [0.1, 0.15) is 16.7 Å². The molecule has 0 aliphatic carbocycles. The lowest BCUT2D eigenvalue weighted by Crippen LogP contribution is -2.15. The van der Waals surface area contributed by atoms with Crippen molar-refractivity contribution in [2.75, 3.05) is 5.32 Å². The van der Waals surface area contributed by atoms with Gasteiger partial charge in [-0.15, -0.1) is 0 Å². The summed E-state index contributed by atoms with van der Waals surface area (Å²) in [6, 6.07) is 10.2. The number of hydrogen-bond acceptors (Lipinski definition) is 3. The van der Waals surface area contributed by atoms with Gasteiger partial charge in [0.15, 0.2) is 11.5 Å². The number of aryl methyl sites for hydroxylation is 2. The average Bonchev–Trinajstić information content (AvgIpc) is 2.37. The van der Waals surface area contributed by atoms with Crippen LogP contribution in [-0.2, 0) is 11.2 Å². The van der Waals surface area contributed by atoms with Crippen LogP contribution in [-0.4, -0.2) is 16.1 Å². The van der Waals surface area contributed by atoms with Crippen molar-refractivity contribution in [1.29, 1.82) is 0 Å². The first kappa shape index (κ1) is 13.9. The zero-order valence-corrected chi connectivity index (χ0v) is 11.5. The summed E-state index contributed by atoms with van der Waals surface area (Å²) in [6.45, 7) is 3.94. The number of benzene rings is 2. The molecule has 0 unspecified atom stereocenters. The van der Waals surface area contributed by atoms with Gasteiger partial charge < -0.3 is 15.5 Å². The zero-order valence-electron chi connectivity index (χ0n) is 11.5. The smallest absolute Gasteiger partial charge is 0.228 e. The standard InChI is InChI=1S/C16H17NO3/c1-10-3-5-13(11(2)7-10)17-16(20)9-12-4-6-14(18)15(19)8-12/h3-8,18-19H,9H2,1-2H3,(H,17,20). The molecule has 0 heterocycles. The van der Waals surface area contributed by atoms with Crippen molar-refractivity contribution < 1.29 is 15.0 Å². The second-order valence-electron chi connectivity index (χ2n) is 4.87. The third kappa shape index (κ3) is 3.29. The molecule has 4 nitrogen and oxygen atoms in total. The van der Waals surface area contributed by atoms with Gasteiger partial charge in [0, 0.05) is 5.69 Å². The van der Waals surface area contributed by atoms with Crippen LogP contribution in [0.4, 0.5) is 5.69 Å². The van der Waals surface area contributed by atoms with Crippen molar-refractivity contribution in [1.82, 2.24) is 0 Å². The third-order valence-corrected chi connectivity index (χ3v) is 3.06. The van der Waals surface area contributed by atoms with E-state index in [0.717, 1.165) is 16.8 Å². The van der Waals surface area contributed by atoms with E-state index in [0.29, 0.717) is 5.56 Å². The van der Waals surface area contributed by atoms with E-state index >= 15 is 0 Å². The van der Waals surface area contributed by atoms with Gasteiger partial charge in [0.2, 0.25) is 5.91 Å². The van der Waals surface area contributed by atoms with Crippen molar-refractivity contribution >= 4 is 11.6 Å². The summed E-state index contributed by atoms with van der Waals surface area (Å²) in [6.07, 6.45) is 0.140. The lowest BCUT2D eigenvalue weighted by Gasteiger charge is -2.09. The number of phenols is 2. The molecule has 2 rings (SSSR count). The highest BCUT2D eigenvalue weighted by Crippen LogP contribution is 2.25. The third-order valence-electron chi connectivity index (χ3n) is 3.06. The Morgan fingerprint density at radius 2 is 1.80 bits per heavy atom. The second-order valence-corrected chi connectivity index (χ2v) is 4.87. The number of anilines is 1. The Morgan fingerprint density at radius 1 is 1.05 bits per heavy atom. The van der Waals surface area contributed by atoms with Crippen LogP contribution in [0.5, 0.6) is 11.5 Å². The number of amides is 1. The highest BCUT2D eigenvalue weighted by molar-refractivity contribution is 5.93. The lowest BCUT2D eigenvalue weighted by molar-refractivity contribution is -0.115. The quantitative estimate of drug-likeness (QED) is 0.752. The summed E-state index contributed by atoms with van der Waals surface area (Å²) in [5, 5.41) is 21.5. The molecule has 3 N–H and O–H groups in total. The van der Waals surface area contributed by atoms with Crippen LogP contribution in [0.2, 0.25) is 0 Å². The number of nitrogens with one attached hydrogen (secondary N) is 1. The normalized spacial score (nSPS) is 10.3. The number of phenolic OH excluding ortho intramolecular Hbond substituents is 2. The molecular formula is C16H17NO3. The number of aromatic hydroxyl groups is 2. The summed E-state index contributed by atoms with van der Waals surface area (Å²) in [7, 11) is 0. The highest BCUT2D eigenvalue weighted by atomic mass is 16.3. The van der Waals surface area contributed by atoms with E-state index in [-0.39, 0.29) is 23.8 Å². The minimum atomic E-state index is -0.221. The first-order valence-electron chi connectivity index (χ1n) is 6.33. The largest absolute Gasteiger partial charge is 0.504 e. The Bertz CT molecular complexity index is 650. The molecule has 0 spiro atoms. The fraction of sp³-hybridized carbons (Fsp3) is 0.188. The van der Waals surface area contributed by atoms with Crippen molar-refractivity contribution in [3.05, 3.63) is 53.1 Å². The topological polar surface area (TPSA) is 69.6 Å². The van der Waals surface area contributed by atoms with E-state index in [1.807, 2.05) is 32.0 Å². The predicted molar refractivity (Wildman–Crippen MR) is 78.0 cm³/mol. The number of rotatable bonds is 3. The maximum atomic E-state index is 12.0. The minimum absolute atomic E-state index is 0.140. The van der Waals surface area contributed by atoms with Gasteiger partial charge in [0.25, 0.3) is 0 Å². The first-order valence-corrected chi connectivity index (χ1v) is 6.33. The van der Waals surface area contributed by atoms with Crippen molar-refractivity contribution in [3.63, 3.8) is 0 Å². The molecule has 0 radical (unpaired) electrons. The molecule has 0 atom stereocenters. The van der Waals surface area contributed by atoms with Gasteiger partial charge in [-0.25, -0.2) is 0 Å². The highest BCUT2D eigenvalue weighted by Gasteiger charge is 2.08. The maximum absolute atomic E-state index is 12.0. The SMILES string of the molecule is Cc1ccc(NC(=O)Cc2ccc(O)c(O)c2)c(C)c1. The Hall–Kier alpha value is -2.49. The monoisotopic (exact) mass is 271 g/mol. The van der Waals surface area contributed by atoms with Crippen LogP contribution >= 0.6 is 0 Å². The van der Waals surface area contributed by atoms with Crippen LogP contribution in [0.25, 0.3) is 0 Å². The van der Waals surface area contributed by atoms with E-state index in [1.165, 1.54) is 12.1 Å². The number of hydrogen-bond donors (Lipinski definition) is 3. The molecule has 20 heavy (non-hydrogen) atoms. The summed E-state index contributed by atoms with van der Waals surface area (Å²) < 4.78 is 0. The lowest BCUT2D eigenvalue weighted by atomic mass is 10.1. The minimum Gasteiger partial charge on any atom is -0.504 e. The molecule has 0 fully saturated rings. The van der Waals surface area contributed by atoms with Gasteiger partial charge in [-0.1, -0.05) is 23.8 Å². The van der Waals surface area contributed by atoms with Crippen LogP contribution in [0, 0.1) is 13.8 Å². The Labute approximate surface area is 117 Å². The van der Waals surface area contributed by atoms with Gasteiger partial charge in [-0.3, -0.25) is 4.79 Å². The summed E-state index contributed by atoms with van der Waals surface area (Å²) in [5.41, 5.74) is 3.57. The molecular weight excluding hydrogens is 254 g/mol. The van der Waals surface area contributed by atoms with Gasteiger partial charge in [0.05, 0.1) is 6.42 Å². The summed E-state index contributed by atoms with van der Waals surface area (Å²) >= 11 is 0. The fourth-order valence-electron chi connectivity index (χ4n) is 2.01. The number of carbonyl (C=O) groups is 1. The maximum Gasteiger partial charge on any atom is 0.228 e. The molecule has 4 heteroatoms. The molecule has 0 aromatic heterocycles.